The average Bonchev–Trinajstić information content (AvgIpc) is 2.02. The Morgan fingerprint density at radius 1 is 1.38 bits per heavy atom. The second kappa shape index (κ2) is 2.66. The van der Waals surface area contributed by atoms with Gasteiger partial charge in [0.15, 0.2) is 0 Å². The van der Waals surface area contributed by atoms with E-state index in [-0.39, 0.29) is 11.2 Å². The molecule has 13 heavy (non-hydrogen) atoms. The molecule has 0 unspecified atom stereocenters. The first-order valence-electron chi connectivity index (χ1n) is 4.42. The molecular formula is C11H12FN. The number of benzene rings is 1. The van der Waals surface area contributed by atoms with Gasteiger partial charge in [0.2, 0.25) is 0 Å². The third kappa shape index (κ3) is 1.37. The summed E-state index contributed by atoms with van der Waals surface area (Å²) in [5, 5.41) is 0. The maximum Gasteiger partial charge on any atom is 0.125 e. The molecule has 0 aromatic heterocycles. The minimum Gasteiger partial charge on any atom is -0.261 e. The molecule has 1 aliphatic rings. The maximum atomic E-state index is 12.9. The third-order valence-corrected chi connectivity index (χ3v) is 2.52. The minimum absolute atomic E-state index is 0.0881. The van der Waals surface area contributed by atoms with Crippen LogP contribution in [0.15, 0.2) is 23.2 Å². The second-order valence-electron chi connectivity index (χ2n) is 4.06. The van der Waals surface area contributed by atoms with Gasteiger partial charge >= 0.3 is 0 Å². The fourth-order valence-corrected chi connectivity index (χ4v) is 1.67. The highest BCUT2D eigenvalue weighted by atomic mass is 19.1. The molecular weight excluding hydrogens is 165 g/mol. The second-order valence-corrected chi connectivity index (χ2v) is 4.06. The first-order chi connectivity index (χ1) is 6.09. The number of fused-ring (bicyclic) bond motifs is 1. The van der Waals surface area contributed by atoms with Crippen LogP contribution in [0.5, 0.6) is 0 Å². The highest BCUT2D eigenvalue weighted by Crippen LogP contribution is 2.37. The van der Waals surface area contributed by atoms with E-state index in [9.17, 15) is 4.39 Å². The van der Waals surface area contributed by atoms with Gasteiger partial charge in [0.1, 0.15) is 5.82 Å². The van der Waals surface area contributed by atoms with Crippen LogP contribution in [0.3, 0.4) is 0 Å². The first kappa shape index (κ1) is 8.42. The lowest BCUT2D eigenvalue weighted by molar-refractivity contribution is 0.545. The Balaban J connectivity index is 2.61. The zero-order valence-corrected chi connectivity index (χ0v) is 7.84. The summed E-state index contributed by atoms with van der Waals surface area (Å²) in [5.41, 5.74) is 2.00. The molecule has 1 aromatic carbocycles. The predicted octanol–water partition coefficient (Wildman–Crippen LogP) is 3.21. The Morgan fingerprint density at radius 2 is 2.15 bits per heavy atom. The number of hydrogen-bond donors (Lipinski definition) is 0. The fraction of sp³-hybridized carbons (Fsp3) is 0.364. The predicted molar refractivity (Wildman–Crippen MR) is 52.2 cm³/mol. The van der Waals surface area contributed by atoms with Crippen molar-refractivity contribution in [3.8, 4) is 0 Å². The Bertz CT molecular complexity index is 366. The van der Waals surface area contributed by atoms with E-state index in [1.165, 1.54) is 12.1 Å². The van der Waals surface area contributed by atoms with Crippen molar-refractivity contribution in [2.24, 2.45) is 4.99 Å². The molecule has 0 radical (unpaired) electrons. The summed E-state index contributed by atoms with van der Waals surface area (Å²) in [7, 11) is 0. The SMILES string of the molecule is CC1(C)CC=Nc2cc(F)ccc21. The lowest BCUT2D eigenvalue weighted by Gasteiger charge is -2.27. The molecule has 0 saturated heterocycles. The largest absolute Gasteiger partial charge is 0.261 e. The molecule has 0 spiro atoms. The van der Waals surface area contributed by atoms with Crippen LogP contribution in [0, 0.1) is 5.82 Å². The van der Waals surface area contributed by atoms with Crippen LogP contribution in [0.2, 0.25) is 0 Å². The van der Waals surface area contributed by atoms with E-state index in [4.69, 9.17) is 0 Å². The van der Waals surface area contributed by atoms with Crippen LogP contribution in [0.25, 0.3) is 0 Å². The van der Waals surface area contributed by atoms with Crippen molar-refractivity contribution in [1.29, 1.82) is 0 Å². The number of halogens is 1. The van der Waals surface area contributed by atoms with Crippen LogP contribution >= 0.6 is 0 Å². The molecule has 2 rings (SSSR count). The van der Waals surface area contributed by atoms with Crippen LogP contribution < -0.4 is 0 Å². The topological polar surface area (TPSA) is 12.4 Å². The molecule has 2 heteroatoms. The van der Waals surface area contributed by atoms with E-state index < -0.39 is 0 Å². The first-order valence-corrected chi connectivity index (χ1v) is 4.42. The molecule has 1 aromatic rings. The highest BCUT2D eigenvalue weighted by Gasteiger charge is 2.25. The summed E-state index contributed by atoms with van der Waals surface area (Å²) < 4.78 is 12.9. The van der Waals surface area contributed by atoms with Crippen LogP contribution in [-0.2, 0) is 5.41 Å². The Hall–Kier alpha value is -1.18. The van der Waals surface area contributed by atoms with E-state index in [2.05, 4.69) is 18.8 Å². The fourth-order valence-electron chi connectivity index (χ4n) is 1.67. The summed E-state index contributed by atoms with van der Waals surface area (Å²) in [6.07, 6.45) is 2.79. The molecule has 1 nitrogen and oxygen atoms in total. The summed E-state index contributed by atoms with van der Waals surface area (Å²) in [4.78, 5) is 4.18. The van der Waals surface area contributed by atoms with Crippen LogP contribution in [0.1, 0.15) is 25.8 Å². The molecule has 68 valence electrons. The van der Waals surface area contributed by atoms with Crippen molar-refractivity contribution in [3.63, 3.8) is 0 Å². The smallest absolute Gasteiger partial charge is 0.125 e. The van der Waals surface area contributed by atoms with E-state index in [0.29, 0.717) is 0 Å². The van der Waals surface area contributed by atoms with Crippen molar-refractivity contribution in [2.75, 3.05) is 0 Å². The van der Waals surface area contributed by atoms with Crippen molar-refractivity contribution in [3.05, 3.63) is 29.6 Å². The van der Waals surface area contributed by atoms with Crippen LogP contribution in [-0.4, -0.2) is 6.21 Å². The lowest BCUT2D eigenvalue weighted by atomic mass is 9.79. The number of rotatable bonds is 0. The molecule has 0 saturated carbocycles. The normalized spacial score (nSPS) is 18.4. The van der Waals surface area contributed by atoms with Gasteiger partial charge < -0.3 is 0 Å². The van der Waals surface area contributed by atoms with Crippen molar-refractivity contribution < 1.29 is 4.39 Å². The van der Waals surface area contributed by atoms with Gasteiger partial charge in [-0.15, -0.1) is 0 Å². The maximum absolute atomic E-state index is 12.9. The summed E-state index contributed by atoms with van der Waals surface area (Å²) in [6, 6.07) is 4.83. The van der Waals surface area contributed by atoms with E-state index in [1.807, 2.05) is 12.3 Å². The summed E-state index contributed by atoms with van der Waals surface area (Å²) in [6.45, 7) is 4.30. The third-order valence-electron chi connectivity index (χ3n) is 2.52. The van der Waals surface area contributed by atoms with Gasteiger partial charge in [0, 0.05) is 6.21 Å². The molecule has 0 aliphatic carbocycles. The zero-order chi connectivity index (χ0) is 9.47. The number of aliphatic imine (C=N–C) groups is 1. The summed E-state index contributed by atoms with van der Waals surface area (Å²) >= 11 is 0. The number of hydrogen-bond acceptors (Lipinski definition) is 1. The molecule has 0 amide bonds. The molecule has 0 fully saturated rings. The Labute approximate surface area is 77.3 Å². The zero-order valence-electron chi connectivity index (χ0n) is 7.84. The van der Waals surface area contributed by atoms with Crippen LogP contribution in [0.4, 0.5) is 10.1 Å². The summed E-state index contributed by atoms with van der Waals surface area (Å²) in [5.74, 6) is -0.214. The van der Waals surface area contributed by atoms with Gasteiger partial charge in [-0.2, -0.15) is 0 Å². The molecule has 0 atom stereocenters. The van der Waals surface area contributed by atoms with Gasteiger partial charge in [-0.1, -0.05) is 19.9 Å². The van der Waals surface area contributed by atoms with Gasteiger partial charge in [0.05, 0.1) is 5.69 Å². The van der Waals surface area contributed by atoms with E-state index >= 15 is 0 Å². The average molecular weight is 177 g/mol. The van der Waals surface area contributed by atoms with E-state index in [1.54, 1.807) is 0 Å². The molecule has 0 N–H and O–H groups in total. The minimum atomic E-state index is -0.214. The monoisotopic (exact) mass is 177 g/mol. The van der Waals surface area contributed by atoms with Gasteiger partial charge in [-0.25, -0.2) is 4.39 Å². The van der Waals surface area contributed by atoms with Crippen molar-refractivity contribution in [1.82, 2.24) is 0 Å². The quantitative estimate of drug-likeness (QED) is 0.577. The van der Waals surface area contributed by atoms with Crippen molar-refractivity contribution in [2.45, 2.75) is 25.7 Å². The molecule has 1 heterocycles. The van der Waals surface area contributed by atoms with Crippen molar-refractivity contribution >= 4 is 11.9 Å². The van der Waals surface area contributed by atoms with Gasteiger partial charge in [0.25, 0.3) is 0 Å². The molecule has 0 bridgehead atoms. The highest BCUT2D eigenvalue weighted by molar-refractivity contribution is 5.71. The Morgan fingerprint density at radius 3 is 2.92 bits per heavy atom. The van der Waals surface area contributed by atoms with Gasteiger partial charge in [-0.3, -0.25) is 4.99 Å². The van der Waals surface area contributed by atoms with E-state index in [0.717, 1.165) is 17.7 Å². The Kier molecular flexibility index (Phi) is 1.72. The van der Waals surface area contributed by atoms with Gasteiger partial charge in [-0.05, 0) is 29.5 Å². The molecule has 1 aliphatic heterocycles. The number of nitrogens with zero attached hydrogens (tertiary/aromatic N) is 1. The lowest BCUT2D eigenvalue weighted by Crippen LogP contribution is -2.20. The standard InChI is InChI=1S/C11H12FN/c1-11(2)5-6-13-10-7-8(12)3-4-9(10)11/h3-4,6-7H,5H2,1-2H3.